The molecule has 6 nitrogen and oxygen atoms in total. The number of nitrogen functional groups attached to an aromatic ring is 1. The molecule has 0 unspecified atom stereocenters. The summed E-state index contributed by atoms with van der Waals surface area (Å²) in [6.07, 6.45) is 0. The van der Waals surface area contributed by atoms with Crippen LogP contribution in [0.15, 0.2) is 18.2 Å². The van der Waals surface area contributed by atoms with Crippen molar-refractivity contribution in [3.63, 3.8) is 0 Å². The highest BCUT2D eigenvalue weighted by Gasteiger charge is 2.09. The van der Waals surface area contributed by atoms with Crippen LogP contribution in [0.5, 0.6) is 0 Å². The third-order valence-corrected chi connectivity index (χ3v) is 2.27. The number of primary amides is 1. The molecule has 0 aliphatic rings. The van der Waals surface area contributed by atoms with E-state index in [1.165, 1.54) is 6.07 Å². The Balaban J connectivity index is 2.41. The van der Waals surface area contributed by atoms with Crippen LogP contribution in [0.2, 0.25) is 5.02 Å². The van der Waals surface area contributed by atoms with E-state index in [1.807, 2.05) is 0 Å². The molecule has 18 heavy (non-hydrogen) atoms. The molecule has 7 heteroatoms. The van der Waals surface area contributed by atoms with Crippen LogP contribution >= 0.6 is 11.6 Å². The number of amides is 2. The Kier molecular flexibility index (Phi) is 5.41. The van der Waals surface area contributed by atoms with Crippen molar-refractivity contribution in [3.8, 4) is 0 Å². The number of hydrogen-bond acceptors (Lipinski definition) is 4. The number of carbonyl (C=O) groups excluding carboxylic acids is 2. The zero-order valence-corrected chi connectivity index (χ0v) is 10.4. The Bertz CT molecular complexity index is 451. The SMILES string of the molecule is NC(=O)COCCNC(=O)c1cc(Cl)ccc1N. The number of halogens is 1. The topological polar surface area (TPSA) is 107 Å². The second-order valence-electron chi connectivity index (χ2n) is 3.51. The maximum Gasteiger partial charge on any atom is 0.253 e. The lowest BCUT2D eigenvalue weighted by Gasteiger charge is -2.08. The van der Waals surface area contributed by atoms with Crippen molar-refractivity contribution in [2.24, 2.45) is 5.73 Å². The molecule has 0 bridgehead atoms. The summed E-state index contributed by atoms with van der Waals surface area (Å²) in [6, 6.07) is 4.64. The van der Waals surface area contributed by atoms with Gasteiger partial charge in [0.25, 0.3) is 5.91 Å². The molecule has 1 rings (SSSR count). The van der Waals surface area contributed by atoms with Crippen LogP contribution < -0.4 is 16.8 Å². The highest BCUT2D eigenvalue weighted by atomic mass is 35.5. The van der Waals surface area contributed by atoms with Gasteiger partial charge < -0.3 is 21.5 Å². The summed E-state index contributed by atoms with van der Waals surface area (Å²) in [4.78, 5) is 22.1. The fraction of sp³-hybridized carbons (Fsp3) is 0.273. The number of ether oxygens (including phenoxy) is 1. The summed E-state index contributed by atoms with van der Waals surface area (Å²) in [6.45, 7) is 0.266. The van der Waals surface area contributed by atoms with E-state index in [-0.39, 0.29) is 25.7 Å². The van der Waals surface area contributed by atoms with Crippen LogP contribution in [-0.2, 0) is 9.53 Å². The van der Waals surface area contributed by atoms with Crippen LogP contribution in [-0.4, -0.2) is 31.6 Å². The van der Waals surface area contributed by atoms with Crippen molar-refractivity contribution < 1.29 is 14.3 Å². The lowest BCUT2D eigenvalue weighted by atomic mass is 10.1. The third kappa shape index (κ3) is 4.60. The van der Waals surface area contributed by atoms with E-state index < -0.39 is 5.91 Å². The Morgan fingerprint density at radius 1 is 1.39 bits per heavy atom. The van der Waals surface area contributed by atoms with Crippen LogP contribution in [0.1, 0.15) is 10.4 Å². The largest absolute Gasteiger partial charge is 0.398 e. The molecule has 0 aliphatic carbocycles. The van der Waals surface area contributed by atoms with Crippen molar-refractivity contribution in [1.29, 1.82) is 0 Å². The number of carbonyl (C=O) groups is 2. The van der Waals surface area contributed by atoms with E-state index in [4.69, 9.17) is 27.8 Å². The molecule has 0 saturated heterocycles. The first-order valence-corrected chi connectivity index (χ1v) is 5.58. The maximum absolute atomic E-state index is 11.7. The Labute approximate surface area is 109 Å². The molecule has 0 saturated carbocycles. The molecule has 5 N–H and O–H groups in total. The number of nitrogens with one attached hydrogen (secondary N) is 1. The van der Waals surface area contributed by atoms with Crippen molar-refractivity contribution in [2.45, 2.75) is 0 Å². The predicted octanol–water partition coefficient (Wildman–Crippen LogP) is 0.154. The van der Waals surface area contributed by atoms with Gasteiger partial charge in [0.2, 0.25) is 5.91 Å². The predicted molar refractivity (Wildman–Crippen MR) is 68.2 cm³/mol. The highest BCUT2D eigenvalue weighted by Crippen LogP contribution is 2.17. The fourth-order valence-corrected chi connectivity index (χ4v) is 1.40. The van der Waals surface area contributed by atoms with E-state index in [0.29, 0.717) is 16.3 Å². The first kappa shape index (κ1) is 14.3. The van der Waals surface area contributed by atoms with Gasteiger partial charge in [-0.15, -0.1) is 0 Å². The number of anilines is 1. The average Bonchev–Trinajstić information content (AvgIpc) is 2.31. The summed E-state index contributed by atoms with van der Waals surface area (Å²) in [5, 5.41) is 3.02. The average molecular weight is 272 g/mol. The van der Waals surface area contributed by atoms with Gasteiger partial charge in [-0.3, -0.25) is 9.59 Å². The highest BCUT2D eigenvalue weighted by molar-refractivity contribution is 6.31. The lowest BCUT2D eigenvalue weighted by Crippen LogP contribution is -2.29. The standard InChI is InChI=1S/C11H14ClN3O3/c12-7-1-2-9(13)8(5-7)11(17)15-3-4-18-6-10(14)16/h1-2,5H,3-4,6,13H2,(H2,14,16)(H,15,17). The van der Waals surface area contributed by atoms with Crippen molar-refractivity contribution in [2.75, 3.05) is 25.5 Å². The number of hydrogen-bond donors (Lipinski definition) is 3. The number of benzene rings is 1. The molecule has 0 aliphatic heterocycles. The van der Waals surface area contributed by atoms with Gasteiger partial charge in [0.05, 0.1) is 12.2 Å². The van der Waals surface area contributed by atoms with Gasteiger partial charge in [0.15, 0.2) is 0 Å². The van der Waals surface area contributed by atoms with Gasteiger partial charge in [0.1, 0.15) is 6.61 Å². The third-order valence-electron chi connectivity index (χ3n) is 2.04. The van der Waals surface area contributed by atoms with E-state index in [2.05, 4.69) is 5.32 Å². The van der Waals surface area contributed by atoms with Gasteiger partial charge in [-0.1, -0.05) is 11.6 Å². The summed E-state index contributed by atoms with van der Waals surface area (Å²) in [5.74, 6) is -0.905. The molecule has 1 aromatic carbocycles. The second kappa shape index (κ2) is 6.83. The number of nitrogens with two attached hydrogens (primary N) is 2. The Hall–Kier alpha value is -1.79. The first-order valence-electron chi connectivity index (χ1n) is 5.20. The molecule has 0 heterocycles. The molecule has 0 fully saturated rings. The fourth-order valence-electron chi connectivity index (χ4n) is 1.23. The molecule has 1 aromatic rings. The Morgan fingerprint density at radius 2 is 2.11 bits per heavy atom. The summed E-state index contributed by atoms with van der Waals surface area (Å²) >= 11 is 5.77. The summed E-state index contributed by atoms with van der Waals surface area (Å²) < 4.78 is 4.89. The molecular formula is C11H14ClN3O3. The van der Waals surface area contributed by atoms with E-state index in [0.717, 1.165) is 0 Å². The summed E-state index contributed by atoms with van der Waals surface area (Å²) in [5.41, 5.74) is 11.2. The van der Waals surface area contributed by atoms with Crippen molar-refractivity contribution >= 4 is 29.1 Å². The lowest BCUT2D eigenvalue weighted by molar-refractivity contribution is -0.122. The molecule has 2 amide bonds. The van der Waals surface area contributed by atoms with Gasteiger partial charge in [0, 0.05) is 17.3 Å². The molecule has 98 valence electrons. The zero-order chi connectivity index (χ0) is 13.5. The molecule has 0 aromatic heterocycles. The van der Waals surface area contributed by atoms with E-state index >= 15 is 0 Å². The minimum atomic E-state index is -0.555. The van der Waals surface area contributed by atoms with Crippen molar-refractivity contribution in [1.82, 2.24) is 5.32 Å². The second-order valence-corrected chi connectivity index (χ2v) is 3.94. The molecule has 0 radical (unpaired) electrons. The van der Waals surface area contributed by atoms with Gasteiger partial charge in [-0.2, -0.15) is 0 Å². The zero-order valence-electron chi connectivity index (χ0n) is 9.61. The molecular weight excluding hydrogens is 258 g/mol. The monoisotopic (exact) mass is 271 g/mol. The van der Waals surface area contributed by atoms with Gasteiger partial charge in [-0.25, -0.2) is 0 Å². The van der Waals surface area contributed by atoms with Crippen molar-refractivity contribution in [3.05, 3.63) is 28.8 Å². The minimum absolute atomic E-state index is 0.171. The smallest absolute Gasteiger partial charge is 0.253 e. The normalized spacial score (nSPS) is 10.1. The quantitative estimate of drug-likeness (QED) is 0.506. The van der Waals surface area contributed by atoms with Gasteiger partial charge in [-0.05, 0) is 18.2 Å². The van der Waals surface area contributed by atoms with Crippen LogP contribution in [0, 0.1) is 0 Å². The Morgan fingerprint density at radius 3 is 2.78 bits per heavy atom. The van der Waals surface area contributed by atoms with Crippen LogP contribution in [0.4, 0.5) is 5.69 Å². The van der Waals surface area contributed by atoms with E-state index in [9.17, 15) is 9.59 Å². The summed E-state index contributed by atoms with van der Waals surface area (Å²) in [7, 11) is 0. The maximum atomic E-state index is 11.7. The van der Waals surface area contributed by atoms with E-state index in [1.54, 1.807) is 12.1 Å². The number of rotatable bonds is 6. The molecule has 0 spiro atoms. The first-order chi connectivity index (χ1) is 8.50. The van der Waals surface area contributed by atoms with Crippen LogP contribution in [0.25, 0.3) is 0 Å². The minimum Gasteiger partial charge on any atom is -0.398 e. The van der Waals surface area contributed by atoms with Crippen LogP contribution in [0.3, 0.4) is 0 Å². The van der Waals surface area contributed by atoms with Gasteiger partial charge >= 0.3 is 0 Å². The molecule has 0 atom stereocenters.